The van der Waals surface area contributed by atoms with Gasteiger partial charge < -0.3 is 15.1 Å². The van der Waals surface area contributed by atoms with Crippen LogP contribution in [0.2, 0.25) is 0 Å². The number of carbonyl (C=O) groups is 1. The number of hydrogen-bond donors (Lipinski definition) is 1. The van der Waals surface area contributed by atoms with E-state index < -0.39 is 0 Å². The van der Waals surface area contributed by atoms with Crippen LogP contribution in [0.25, 0.3) is 0 Å². The highest BCUT2D eigenvalue weighted by atomic mass is 16.1. The van der Waals surface area contributed by atoms with Crippen LogP contribution in [0.15, 0.2) is 42.5 Å². The van der Waals surface area contributed by atoms with Gasteiger partial charge in [0.05, 0.1) is 11.6 Å². The lowest BCUT2D eigenvalue weighted by atomic mass is 10.1. The molecule has 0 unspecified atom stereocenters. The smallest absolute Gasteiger partial charge is 0.255 e. The topological polar surface area (TPSA) is 59.4 Å². The van der Waals surface area contributed by atoms with Crippen LogP contribution in [0.1, 0.15) is 28.4 Å². The number of nitrogens with one attached hydrogen (secondary N) is 1. The first-order valence-electron chi connectivity index (χ1n) is 9.00. The second kappa shape index (κ2) is 8.03. The van der Waals surface area contributed by atoms with Crippen molar-refractivity contribution in [3.63, 3.8) is 0 Å². The van der Waals surface area contributed by atoms with Crippen molar-refractivity contribution in [3.8, 4) is 6.07 Å². The number of nitrogens with zero attached hydrogens (tertiary/aromatic N) is 3. The molecule has 0 aromatic heterocycles. The molecule has 1 fully saturated rings. The van der Waals surface area contributed by atoms with E-state index in [1.165, 1.54) is 5.69 Å². The summed E-state index contributed by atoms with van der Waals surface area (Å²) in [6.45, 7) is 9.63. The lowest BCUT2D eigenvalue weighted by Gasteiger charge is -2.36. The fraction of sp³-hybridized carbons (Fsp3) is 0.333. The third-order valence-corrected chi connectivity index (χ3v) is 4.89. The molecule has 2 aromatic rings. The molecule has 1 amide bonds. The largest absolute Gasteiger partial charge is 0.369 e. The van der Waals surface area contributed by atoms with Gasteiger partial charge in [-0.05, 0) is 61.5 Å². The Morgan fingerprint density at radius 2 is 1.81 bits per heavy atom. The molecule has 5 heteroatoms. The van der Waals surface area contributed by atoms with E-state index in [9.17, 15) is 4.79 Å². The van der Waals surface area contributed by atoms with E-state index in [0.29, 0.717) is 11.1 Å². The van der Waals surface area contributed by atoms with E-state index in [1.54, 1.807) is 24.3 Å². The second-order valence-electron chi connectivity index (χ2n) is 6.57. The molecule has 0 aliphatic carbocycles. The van der Waals surface area contributed by atoms with Gasteiger partial charge >= 0.3 is 0 Å². The number of likely N-dealkylation sites (N-methyl/N-ethyl adjacent to an activating group) is 1. The molecule has 1 heterocycles. The average Bonchev–Trinajstić information content (AvgIpc) is 2.68. The van der Waals surface area contributed by atoms with Crippen molar-refractivity contribution in [2.75, 3.05) is 42.9 Å². The van der Waals surface area contributed by atoms with E-state index in [2.05, 4.69) is 41.1 Å². The summed E-state index contributed by atoms with van der Waals surface area (Å²) in [5.74, 6) is -0.168. The van der Waals surface area contributed by atoms with Crippen LogP contribution in [-0.2, 0) is 0 Å². The molecule has 1 aliphatic heterocycles. The number of benzene rings is 2. The third-order valence-electron chi connectivity index (χ3n) is 4.89. The number of amides is 1. The monoisotopic (exact) mass is 348 g/mol. The SMILES string of the molecule is CCN1CCN(c2ccc(NC(=O)c3ccc(C#N)cc3)cc2C)CC1. The van der Waals surface area contributed by atoms with Gasteiger partial charge in [0.15, 0.2) is 0 Å². The molecule has 0 spiro atoms. The highest BCUT2D eigenvalue weighted by Crippen LogP contribution is 2.25. The van der Waals surface area contributed by atoms with E-state index in [0.717, 1.165) is 44.0 Å². The highest BCUT2D eigenvalue weighted by molar-refractivity contribution is 6.04. The highest BCUT2D eigenvalue weighted by Gasteiger charge is 2.17. The van der Waals surface area contributed by atoms with E-state index >= 15 is 0 Å². The molecule has 0 saturated carbocycles. The van der Waals surface area contributed by atoms with Gasteiger partial charge in [-0.1, -0.05) is 6.92 Å². The van der Waals surface area contributed by atoms with Gasteiger partial charge in [-0.2, -0.15) is 5.26 Å². The first kappa shape index (κ1) is 18.0. The fourth-order valence-corrected chi connectivity index (χ4v) is 3.29. The Morgan fingerprint density at radius 3 is 2.38 bits per heavy atom. The van der Waals surface area contributed by atoms with Crippen molar-refractivity contribution in [1.29, 1.82) is 5.26 Å². The number of aryl methyl sites for hydroxylation is 1. The zero-order chi connectivity index (χ0) is 18.5. The summed E-state index contributed by atoms with van der Waals surface area (Å²) >= 11 is 0. The quantitative estimate of drug-likeness (QED) is 0.921. The minimum absolute atomic E-state index is 0.168. The zero-order valence-corrected chi connectivity index (χ0v) is 15.3. The Kier molecular flexibility index (Phi) is 5.55. The summed E-state index contributed by atoms with van der Waals surface area (Å²) in [5, 5.41) is 11.8. The molecule has 0 atom stereocenters. The molecule has 5 nitrogen and oxygen atoms in total. The summed E-state index contributed by atoms with van der Waals surface area (Å²) in [6.07, 6.45) is 0. The molecule has 134 valence electrons. The Bertz CT molecular complexity index is 815. The number of rotatable bonds is 4. The van der Waals surface area contributed by atoms with Crippen molar-refractivity contribution in [2.45, 2.75) is 13.8 Å². The molecule has 1 N–H and O–H groups in total. The third kappa shape index (κ3) is 4.04. The van der Waals surface area contributed by atoms with Gasteiger partial charge in [-0.25, -0.2) is 0 Å². The Labute approximate surface area is 154 Å². The van der Waals surface area contributed by atoms with Crippen LogP contribution in [0.5, 0.6) is 0 Å². The van der Waals surface area contributed by atoms with Gasteiger partial charge in [0.1, 0.15) is 0 Å². The molecular weight excluding hydrogens is 324 g/mol. The minimum atomic E-state index is -0.168. The molecule has 1 aliphatic rings. The summed E-state index contributed by atoms with van der Waals surface area (Å²) in [7, 11) is 0. The van der Waals surface area contributed by atoms with Crippen LogP contribution in [0.3, 0.4) is 0 Å². The Morgan fingerprint density at radius 1 is 1.12 bits per heavy atom. The van der Waals surface area contributed by atoms with Gasteiger partial charge in [0.25, 0.3) is 5.91 Å². The number of anilines is 2. The van der Waals surface area contributed by atoms with Crippen molar-refractivity contribution in [1.82, 2.24) is 4.90 Å². The van der Waals surface area contributed by atoms with Gasteiger partial charge in [-0.15, -0.1) is 0 Å². The lowest BCUT2D eigenvalue weighted by molar-refractivity contribution is 0.102. The van der Waals surface area contributed by atoms with E-state index in [4.69, 9.17) is 5.26 Å². The molecule has 26 heavy (non-hydrogen) atoms. The normalized spacial score (nSPS) is 14.7. The van der Waals surface area contributed by atoms with Crippen LogP contribution in [0.4, 0.5) is 11.4 Å². The van der Waals surface area contributed by atoms with Crippen molar-refractivity contribution in [3.05, 3.63) is 59.2 Å². The molecule has 3 rings (SSSR count). The average molecular weight is 348 g/mol. The number of nitriles is 1. The number of piperazine rings is 1. The number of carbonyl (C=O) groups excluding carboxylic acids is 1. The van der Waals surface area contributed by atoms with Gasteiger partial charge in [0, 0.05) is 43.1 Å². The maximum Gasteiger partial charge on any atom is 0.255 e. The molecule has 0 radical (unpaired) electrons. The Hall–Kier alpha value is -2.84. The van der Waals surface area contributed by atoms with Gasteiger partial charge in [0.2, 0.25) is 0 Å². The maximum atomic E-state index is 12.4. The van der Waals surface area contributed by atoms with Gasteiger partial charge in [-0.3, -0.25) is 4.79 Å². The predicted octanol–water partition coefficient (Wildman–Crippen LogP) is 3.26. The molecule has 2 aromatic carbocycles. The summed E-state index contributed by atoms with van der Waals surface area (Å²) in [6, 6.07) is 14.8. The Balaban J connectivity index is 1.67. The minimum Gasteiger partial charge on any atom is -0.369 e. The van der Waals surface area contributed by atoms with E-state index in [-0.39, 0.29) is 5.91 Å². The maximum absolute atomic E-state index is 12.4. The lowest BCUT2D eigenvalue weighted by Crippen LogP contribution is -2.46. The summed E-state index contributed by atoms with van der Waals surface area (Å²) in [5.41, 5.74) is 4.27. The summed E-state index contributed by atoms with van der Waals surface area (Å²) < 4.78 is 0. The number of hydrogen-bond acceptors (Lipinski definition) is 4. The molecule has 1 saturated heterocycles. The standard InChI is InChI=1S/C21H24N4O/c1-3-24-10-12-25(13-11-24)20-9-8-19(14-16(20)2)23-21(26)18-6-4-17(15-22)5-7-18/h4-9,14H,3,10-13H2,1-2H3,(H,23,26). The molecular formula is C21H24N4O. The van der Waals surface area contributed by atoms with Crippen molar-refractivity contribution >= 4 is 17.3 Å². The molecule has 0 bridgehead atoms. The van der Waals surface area contributed by atoms with Crippen molar-refractivity contribution in [2.24, 2.45) is 0 Å². The van der Waals surface area contributed by atoms with E-state index in [1.807, 2.05) is 12.1 Å². The van der Waals surface area contributed by atoms with Crippen LogP contribution < -0.4 is 10.2 Å². The summed E-state index contributed by atoms with van der Waals surface area (Å²) in [4.78, 5) is 17.2. The van der Waals surface area contributed by atoms with Crippen LogP contribution >= 0.6 is 0 Å². The zero-order valence-electron chi connectivity index (χ0n) is 15.3. The van der Waals surface area contributed by atoms with Crippen LogP contribution in [-0.4, -0.2) is 43.5 Å². The second-order valence-corrected chi connectivity index (χ2v) is 6.57. The predicted molar refractivity (Wildman–Crippen MR) is 105 cm³/mol. The van der Waals surface area contributed by atoms with Crippen LogP contribution in [0, 0.1) is 18.3 Å². The first-order chi connectivity index (χ1) is 12.6. The first-order valence-corrected chi connectivity index (χ1v) is 9.00. The fourth-order valence-electron chi connectivity index (χ4n) is 3.29. The van der Waals surface area contributed by atoms with Crippen molar-refractivity contribution < 1.29 is 4.79 Å².